The number of rotatable bonds is 11. The fourth-order valence-electron chi connectivity index (χ4n) is 4.73. The minimum Gasteiger partial charge on any atom is -0.347 e. The SMILES string of the molecule is C=CCNC(=O)C(=O)CNC(=O)C1CCCN1C(=O)[C@@H](NC(=O)N[C@H](CN1CCCC1=O)C(C)(C)C)C(C)(C)C. The Balaban J connectivity index is 2.08. The molecule has 0 aromatic carbocycles. The van der Waals surface area contributed by atoms with E-state index in [4.69, 9.17) is 0 Å². The van der Waals surface area contributed by atoms with Crippen molar-refractivity contribution in [2.24, 2.45) is 10.8 Å². The van der Waals surface area contributed by atoms with Crippen molar-refractivity contribution >= 4 is 35.4 Å². The van der Waals surface area contributed by atoms with Crippen molar-refractivity contribution in [1.29, 1.82) is 0 Å². The van der Waals surface area contributed by atoms with Gasteiger partial charge >= 0.3 is 6.03 Å². The highest BCUT2D eigenvalue weighted by molar-refractivity contribution is 6.37. The van der Waals surface area contributed by atoms with Gasteiger partial charge in [0.15, 0.2) is 0 Å². The molecule has 12 heteroatoms. The summed E-state index contributed by atoms with van der Waals surface area (Å²) in [7, 11) is 0. The van der Waals surface area contributed by atoms with E-state index in [2.05, 4.69) is 27.8 Å². The number of likely N-dealkylation sites (tertiary alicyclic amines) is 2. The molecule has 0 aliphatic carbocycles. The summed E-state index contributed by atoms with van der Waals surface area (Å²) in [4.78, 5) is 79.0. The Labute approximate surface area is 237 Å². The molecule has 2 rings (SSSR count). The van der Waals surface area contributed by atoms with Gasteiger partial charge in [0, 0.05) is 32.6 Å². The lowest BCUT2D eigenvalue weighted by Crippen LogP contribution is -2.61. The van der Waals surface area contributed by atoms with E-state index in [1.165, 1.54) is 11.0 Å². The average Bonchev–Trinajstić information content (AvgIpc) is 3.51. The van der Waals surface area contributed by atoms with Crippen molar-refractivity contribution in [3.8, 4) is 0 Å². The van der Waals surface area contributed by atoms with Gasteiger partial charge in [-0.05, 0) is 30.1 Å². The van der Waals surface area contributed by atoms with Gasteiger partial charge in [0.25, 0.3) is 5.91 Å². The minimum absolute atomic E-state index is 0.0663. The first-order chi connectivity index (χ1) is 18.6. The third-order valence-electron chi connectivity index (χ3n) is 7.24. The number of carbonyl (C=O) groups excluding carboxylic acids is 6. The summed E-state index contributed by atoms with van der Waals surface area (Å²) < 4.78 is 0. The molecule has 4 N–H and O–H groups in total. The molecule has 1 unspecified atom stereocenters. The second-order valence-electron chi connectivity index (χ2n) is 12.6. The second kappa shape index (κ2) is 13.8. The van der Waals surface area contributed by atoms with E-state index in [-0.39, 0.29) is 23.9 Å². The molecule has 6 amide bonds. The molecule has 0 saturated carbocycles. The maximum atomic E-state index is 13.7. The maximum Gasteiger partial charge on any atom is 0.315 e. The largest absolute Gasteiger partial charge is 0.347 e. The van der Waals surface area contributed by atoms with Gasteiger partial charge in [-0.2, -0.15) is 0 Å². The van der Waals surface area contributed by atoms with Gasteiger partial charge in [-0.15, -0.1) is 6.58 Å². The van der Waals surface area contributed by atoms with Crippen LogP contribution in [0.15, 0.2) is 12.7 Å². The first-order valence-electron chi connectivity index (χ1n) is 13.9. The molecule has 0 bridgehead atoms. The van der Waals surface area contributed by atoms with Crippen LogP contribution in [0, 0.1) is 10.8 Å². The molecule has 224 valence electrons. The van der Waals surface area contributed by atoms with Crippen LogP contribution in [0.1, 0.15) is 67.2 Å². The molecular weight excluding hydrogens is 516 g/mol. The monoisotopic (exact) mass is 562 g/mol. The lowest BCUT2D eigenvalue weighted by atomic mass is 9.85. The third kappa shape index (κ3) is 9.06. The lowest BCUT2D eigenvalue weighted by Gasteiger charge is -2.37. The molecule has 0 aromatic rings. The van der Waals surface area contributed by atoms with E-state index in [1.54, 1.807) is 4.90 Å². The molecule has 2 heterocycles. The van der Waals surface area contributed by atoms with Gasteiger partial charge in [-0.1, -0.05) is 47.6 Å². The standard InChI is InChI=1S/C28H46N6O6/c1-8-13-29-24(38)19(35)16-30-23(37)18-11-9-15-34(18)25(39)22(28(5,6)7)32-26(40)31-20(27(2,3)4)17-33-14-10-12-21(33)36/h8,18,20,22H,1,9-17H2,2-7H3,(H,29,38)(H,30,37)(H2,31,32,40)/t18?,20-,22-/m1/s1. The smallest absolute Gasteiger partial charge is 0.315 e. The average molecular weight is 563 g/mol. The van der Waals surface area contributed by atoms with Crippen molar-refractivity contribution in [2.45, 2.75) is 85.4 Å². The summed E-state index contributed by atoms with van der Waals surface area (Å²) in [6.07, 6.45) is 3.71. The van der Waals surface area contributed by atoms with Crippen LogP contribution in [-0.4, -0.2) is 96.1 Å². The summed E-state index contributed by atoms with van der Waals surface area (Å²) >= 11 is 0. The summed E-state index contributed by atoms with van der Waals surface area (Å²) in [6.45, 7) is 15.9. The molecule has 2 saturated heterocycles. The number of amides is 6. The van der Waals surface area contributed by atoms with Crippen molar-refractivity contribution in [1.82, 2.24) is 31.1 Å². The topological polar surface area (TPSA) is 157 Å². The van der Waals surface area contributed by atoms with Crippen LogP contribution in [0.5, 0.6) is 0 Å². The van der Waals surface area contributed by atoms with E-state index in [9.17, 15) is 28.8 Å². The molecule has 2 aliphatic rings. The minimum atomic E-state index is -0.943. The molecule has 0 spiro atoms. The summed E-state index contributed by atoms with van der Waals surface area (Å²) in [5.41, 5.74) is -1.03. The normalized spacial score (nSPS) is 19.1. The zero-order chi connectivity index (χ0) is 30.3. The van der Waals surface area contributed by atoms with E-state index in [1.807, 2.05) is 41.5 Å². The van der Waals surface area contributed by atoms with Crippen molar-refractivity contribution in [3.63, 3.8) is 0 Å². The molecule has 0 radical (unpaired) electrons. The number of carbonyl (C=O) groups is 6. The predicted molar refractivity (Wildman–Crippen MR) is 150 cm³/mol. The maximum absolute atomic E-state index is 13.7. The highest BCUT2D eigenvalue weighted by atomic mass is 16.2. The van der Waals surface area contributed by atoms with Gasteiger partial charge in [0.2, 0.25) is 23.5 Å². The first-order valence-corrected chi connectivity index (χ1v) is 13.9. The van der Waals surface area contributed by atoms with Gasteiger partial charge in [-0.25, -0.2) is 4.79 Å². The number of ketones is 1. The predicted octanol–water partition coefficient (Wildman–Crippen LogP) is 0.716. The fourth-order valence-corrected chi connectivity index (χ4v) is 4.73. The number of Topliss-reactive ketones (excluding diaryl/α,β-unsaturated/α-hetero) is 1. The Hall–Kier alpha value is -3.44. The van der Waals surface area contributed by atoms with Crippen molar-refractivity contribution < 1.29 is 28.8 Å². The van der Waals surface area contributed by atoms with Crippen molar-refractivity contribution in [2.75, 3.05) is 32.7 Å². The summed E-state index contributed by atoms with van der Waals surface area (Å²) in [5.74, 6) is -2.50. The lowest BCUT2D eigenvalue weighted by molar-refractivity contribution is -0.142. The van der Waals surface area contributed by atoms with Gasteiger partial charge < -0.3 is 31.1 Å². The van der Waals surface area contributed by atoms with Crippen LogP contribution in [0.2, 0.25) is 0 Å². The highest BCUT2D eigenvalue weighted by Crippen LogP contribution is 2.27. The van der Waals surface area contributed by atoms with E-state index >= 15 is 0 Å². The number of nitrogens with zero attached hydrogens (tertiary/aromatic N) is 2. The number of urea groups is 1. The second-order valence-corrected chi connectivity index (χ2v) is 12.6. The Morgan fingerprint density at radius 2 is 1.65 bits per heavy atom. The summed E-state index contributed by atoms with van der Waals surface area (Å²) in [6, 6.07) is -2.65. The van der Waals surface area contributed by atoms with Gasteiger partial charge in [-0.3, -0.25) is 24.0 Å². The molecule has 2 aliphatic heterocycles. The molecule has 0 aromatic heterocycles. The molecule has 3 atom stereocenters. The van der Waals surface area contributed by atoms with Crippen LogP contribution in [0.3, 0.4) is 0 Å². The van der Waals surface area contributed by atoms with Crippen LogP contribution in [0.4, 0.5) is 4.79 Å². The Bertz CT molecular complexity index is 998. The highest BCUT2D eigenvalue weighted by Gasteiger charge is 2.42. The number of hydrogen-bond acceptors (Lipinski definition) is 6. The first kappa shape index (κ1) is 32.8. The molecule has 2 fully saturated rings. The van der Waals surface area contributed by atoms with E-state index < -0.39 is 53.6 Å². The zero-order valence-electron chi connectivity index (χ0n) is 24.7. The Morgan fingerprint density at radius 1 is 0.975 bits per heavy atom. The number of hydrogen-bond donors (Lipinski definition) is 4. The van der Waals surface area contributed by atoms with Crippen LogP contribution < -0.4 is 21.3 Å². The van der Waals surface area contributed by atoms with Gasteiger partial charge in [0.05, 0.1) is 12.6 Å². The Kier molecular flexibility index (Phi) is 11.3. The van der Waals surface area contributed by atoms with Gasteiger partial charge in [0.1, 0.15) is 12.1 Å². The van der Waals surface area contributed by atoms with Crippen LogP contribution in [0.25, 0.3) is 0 Å². The molecule has 40 heavy (non-hydrogen) atoms. The van der Waals surface area contributed by atoms with E-state index in [0.717, 1.165) is 6.42 Å². The fraction of sp³-hybridized carbons (Fsp3) is 0.714. The quantitative estimate of drug-likeness (QED) is 0.215. The molecule has 12 nitrogen and oxygen atoms in total. The number of nitrogens with one attached hydrogen (secondary N) is 4. The van der Waals surface area contributed by atoms with Crippen molar-refractivity contribution in [3.05, 3.63) is 12.7 Å². The van der Waals surface area contributed by atoms with E-state index in [0.29, 0.717) is 38.9 Å². The summed E-state index contributed by atoms with van der Waals surface area (Å²) in [5, 5.41) is 10.6. The van der Waals surface area contributed by atoms with Crippen LogP contribution >= 0.6 is 0 Å². The Morgan fingerprint density at radius 3 is 2.20 bits per heavy atom. The third-order valence-corrected chi connectivity index (χ3v) is 7.24. The van der Waals surface area contributed by atoms with Crippen LogP contribution in [-0.2, 0) is 24.0 Å². The zero-order valence-corrected chi connectivity index (χ0v) is 24.7. The molecular formula is C28H46N6O6.